The summed E-state index contributed by atoms with van der Waals surface area (Å²) in [6, 6.07) is 11.4. The predicted molar refractivity (Wildman–Crippen MR) is 276 cm³/mol. The number of nitrogens with zero attached hydrogens (tertiary/aromatic N) is 3. The van der Waals surface area contributed by atoms with Gasteiger partial charge in [-0.2, -0.15) is 0 Å². The fourth-order valence-corrected chi connectivity index (χ4v) is 10.8. The Morgan fingerprint density at radius 1 is 0.986 bits per heavy atom. The van der Waals surface area contributed by atoms with Gasteiger partial charge in [0.1, 0.15) is 24.5 Å². The highest BCUT2D eigenvalue weighted by Gasteiger charge is 2.45. The van der Waals surface area contributed by atoms with Gasteiger partial charge < -0.3 is 42.2 Å². The number of aryl methyl sites for hydroxylation is 3. The summed E-state index contributed by atoms with van der Waals surface area (Å²) in [5.41, 5.74) is 18.5. The number of rotatable bonds is 21. The number of carbonyl (C=O) groups is 5. The van der Waals surface area contributed by atoms with E-state index in [0.29, 0.717) is 44.3 Å². The van der Waals surface area contributed by atoms with E-state index >= 15 is 4.39 Å². The number of nitrogens with two attached hydrogens (primary N) is 2. The monoisotopic (exact) mass is 1030 g/mol. The third-order valence-corrected chi connectivity index (χ3v) is 14.8. The van der Waals surface area contributed by atoms with E-state index in [4.69, 9.17) is 16.2 Å². The molecule has 1 saturated heterocycles. The smallest absolute Gasteiger partial charge is 0.244 e. The molecule has 3 aromatic carbocycles. The minimum Gasteiger partial charge on any atom is -0.488 e. The minimum absolute atomic E-state index is 0. The number of aliphatic hydroxyl groups excluding tert-OH is 1. The van der Waals surface area contributed by atoms with E-state index in [0.717, 1.165) is 51.4 Å². The molecule has 15 nitrogen and oxygen atoms in total. The van der Waals surface area contributed by atoms with Crippen molar-refractivity contribution < 1.29 is 42.6 Å². The summed E-state index contributed by atoms with van der Waals surface area (Å²) >= 11 is 1.57. The van der Waals surface area contributed by atoms with Gasteiger partial charge in [0.2, 0.25) is 29.5 Å². The highest BCUT2D eigenvalue weighted by molar-refractivity contribution is 7.13. The van der Waals surface area contributed by atoms with Crippen LogP contribution in [0.4, 0.5) is 14.5 Å². The number of β-amino-alcohol motifs (C(OH)–C–C–N with tert-alkyl or cyclic N) is 1. The Hall–Kier alpha value is -5.53. The number of halogens is 3. The van der Waals surface area contributed by atoms with Gasteiger partial charge in [-0.1, -0.05) is 76.1 Å². The van der Waals surface area contributed by atoms with E-state index in [1.54, 1.807) is 11.3 Å². The van der Waals surface area contributed by atoms with Crippen molar-refractivity contribution in [2.24, 2.45) is 16.9 Å². The molecule has 0 saturated carbocycles. The van der Waals surface area contributed by atoms with Gasteiger partial charge in [0.05, 0.1) is 52.0 Å². The first-order valence-electron chi connectivity index (χ1n) is 24.7. The molecular weight excluding hydrogens is 966 g/mol. The number of aliphatic hydroxyl groups is 1. The van der Waals surface area contributed by atoms with Crippen molar-refractivity contribution in [2.45, 2.75) is 148 Å². The summed E-state index contributed by atoms with van der Waals surface area (Å²) in [7, 11) is 0. The molecule has 1 fully saturated rings. The molecule has 390 valence electrons. The molecule has 1 aromatic heterocycles. The summed E-state index contributed by atoms with van der Waals surface area (Å²) in [6.45, 7) is 9.95. The zero-order chi connectivity index (χ0) is 51.1. The number of anilines is 1. The SMILES string of the molecule is Cc1ncsc1-c1ccc([C@H](C)NC(=O)[C@@H]2C[C@@H](O)CN2C(=O)[C@@H](NCCCCCCc2cc(F)cc(OC[C@H](CCC(N)=O)NC(=O)[C@@H]3Cc4cccc5c4N3C(=O)[C@@H](N)CC5)c2F)C(C)(C)C)cc1.Cl. The van der Waals surface area contributed by atoms with Crippen molar-refractivity contribution in [3.8, 4) is 16.2 Å². The number of nitrogens with one attached hydrogen (secondary N) is 3. The van der Waals surface area contributed by atoms with Gasteiger partial charge in [-0.3, -0.25) is 28.9 Å². The molecule has 3 aliphatic heterocycles. The van der Waals surface area contributed by atoms with Crippen LogP contribution in [-0.2, 0) is 43.2 Å². The number of para-hydroxylation sites is 1. The number of hydrogen-bond donors (Lipinski definition) is 6. The maximum absolute atomic E-state index is 15.9. The number of likely N-dealkylation sites (tertiary alicyclic amines) is 1. The third kappa shape index (κ3) is 13.4. The van der Waals surface area contributed by atoms with Crippen LogP contribution in [0.25, 0.3) is 10.4 Å². The number of benzene rings is 3. The van der Waals surface area contributed by atoms with E-state index in [-0.39, 0.29) is 92.7 Å². The minimum atomic E-state index is -0.892. The van der Waals surface area contributed by atoms with Gasteiger partial charge in [-0.15, -0.1) is 23.7 Å². The first kappa shape index (κ1) is 55.8. The molecular formula is C53H69ClF2N8O7S. The molecule has 0 aliphatic carbocycles. The fourth-order valence-electron chi connectivity index (χ4n) is 9.94. The van der Waals surface area contributed by atoms with Crippen molar-refractivity contribution in [3.63, 3.8) is 0 Å². The van der Waals surface area contributed by atoms with Crippen molar-refractivity contribution >= 4 is 59.0 Å². The number of thiazole rings is 1. The van der Waals surface area contributed by atoms with Crippen LogP contribution < -0.4 is 37.1 Å². The molecule has 19 heteroatoms. The average molecular weight is 1040 g/mol. The van der Waals surface area contributed by atoms with Crippen LogP contribution in [0.15, 0.2) is 60.1 Å². The van der Waals surface area contributed by atoms with Gasteiger partial charge in [0.25, 0.3) is 0 Å². The second kappa shape index (κ2) is 24.5. The number of aromatic nitrogens is 1. The third-order valence-electron chi connectivity index (χ3n) is 13.8. The lowest BCUT2D eigenvalue weighted by Crippen LogP contribution is -2.56. The number of carbonyl (C=O) groups excluding carboxylic acids is 5. The molecule has 0 unspecified atom stereocenters. The van der Waals surface area contributed by atoms with Crippen LogP contribution in [-0.4, -0.2) is 101 Å². The Balaban J connectivity index is 0.00000847. The van der Waals surface area contributed by atoms with Gasteiger partial charge in [0, 0.05) is 31.9 Å². The highest BCUT2D eigenvalue weighted by atomic mass is 35.5. The van der Waals surface area contributed by atoms with E-state index in [1.165, 1.54) is 9.80 Å². The average Bonchev–Trinajstić information content (AvgIpc) is 4.04. The van der Waals surface area contributed by atoms with Gasteiger partial charge in [0.15, 0.2) is 11.6 Å². The maximum Gasteiger partial charge on any atom is 0.244 e. The number of amides is 5. The Labute approximate surface area is 430 Å². The lowest BCUT2D eigenvalue weighted by molar-refractivity contribution is -0.142. The zero-order valence-corrected chi connectivity index (χ0v) is 43.3. The predicted octanol–water partition coefficient (Wildman–Crippen LogP) is 6.13. The first-order chi connectivity index (χ1) is 33.8. The van der Waals surface area contributed by atoms with E-state index in [2.05, 4.69) is 20.9 Å². The number of unbranched alkanes of at least 4 members (excludes halogenated alkanes) is 3. The van der Waals surface area contributed by atoms with Gasteiger partial charge in [-0.05, 0) is 98.2 Å². The van der Waals surface area contributed by atoms with Crippen molar-refractivity contribution in [2.75, 3.05) is 24.6 Å². The molecule has 0 radical (unpaired) electrons. The molecule has 72 heavy (non-hydrogen) atoms. The number of ether oxygens (including phenoxy) is 1. The number of hydrogen-bond acceptors (Lipinski definition) is 11. The Morgan fingerprint density at radius 2 is 1.69 bits per heavy atom. The van der Waals surface area contributed by atoms with Crippen LogP contribution in [0.2, 0.25) is 0 Å². The number of primary amides is 1. The lowest BCUT2D eigenvalue weighted by atomic mass is 9.85. The summed E-state index contributed by atoms with van der Waals surface area (Å²) < 4.78 is 36.6. The molecule has 7 rings (SSSR count). The molecule has 8 N–H and O–H groups in total. The largest absolute Gasteiger partial charge is 0.488 e. The summed E-state index contributed by atoms with van der Waals surface area (Å²) in [6.07, 6.45) is 3.45. The molecule has 0 bridgehead atoms. The van der Waals surface area contributed by atoms with E-state index in [9.17, 15) is 33.5 Å². The van der Waals surface area contributed by atoms with Crippen LogP contribution >= 0.6 is 23.7 Å². The van der Waals surface area contributed by atoms with Crippen LogP contribution in [0, 0.1) is 24.0 Å². The van der Waals surface area contributed by atoms with E-state index < -0.39 is 65.2 Å². The molecule has 7 atom stereocenters. The normalized spacial score (nSPS) is 19.7. The van der Waals surface area contributed by atoms with Crippen molar-refractivity contribution in [1.82, 2.24) is 25.8 Å². The Morgan fingerprint density at radius 3 is 2.39 bits per heavy atom. The molecule has 5 amide bonds. The first-order valence-corrected chi connectivity index (χ1v) is 25.6. The maximum atomic E-state index is 15.9. The fraction of sp³-hybridized carbons (Fsp3) is 0.509. The van der Waals surface area contributed by atoms with Crippen molar-refractivity contribution in [1.29, 1.82) is 0 Å². The zero-order valence-electron chi connectivity index (χ0n) is 41.7. The second-order valence-corrected chi connectivity index (χ2v) is 21.2. The summed E-state index contributed by atoms with van der Waals surface area (Å²) in [5, 5.41) is 20.0. The quantitative estimate of drug-likeness (QED) is 0.0525. The Kier molecular flexibility index (Phi) is 19.0. The lowest BCUT2D eigenvalue weighted by Gasteiger charge is -2.35. The van der Waals surface area contributed by atoms with Crippen LogP contribution in [0.1, 0.15) is 113 Å². The van der Waals surface area contributed by atoms with E-state index in [1.807, 2.05) is 82.6 Å². The van der Waals surface area contributed by atoms with Crippen LogP contribution in [0.3, 0.4) is 0 Å². The second-order valence-electron chi connectivity index (χ2n) is 20.3. The summed E-state index contributed by atoms with van der Waals surface area (Å²) in [5.74, 6) is -3.80. The van der Waals surface area contributed by atoms with Crippen molar-refractivity contribution in [3.05, 3.63) is 99.7 Å². The van der Waals surface area contributed by atoms with Gasteiger partial charge in [-0.25, -0.2) is 13.8 Å². The standard InChI is InChI=1S/C53H68F2N8O7S.ClH/c1-30(32-14-16-34(17-15-32)47-31(2)59-29-71-47)60-49(66)41-26-39(64)27-62(41)52(69)48(53(3,4)5)58-22-9-7-6-8-11-35-23-37(54)25-43(45(35)55)70-28-38(19-21-44(57)65)61-50(67)42-24-36-13-10-12-33-18-20-40(56)51(68)63(42)46(33)36;/h10,12-17,23,25,29-30,38-42,48,58,64H,6-9,11,18-22,24,26-28,56H2,1-5H3,(H2,57,65)(H,60,66)(H,61,67);1H/t30-,38-,39+,40-,41-,42-,48+;/m0./s1. The summed E-state index contributed by atoms with van der Waals surface area (Å²) in [4.78, 5) is 75.3. The molecule has 4 heterocycles. The molecule has 0 spiro atoms. The highest BCUT2D eigenvalue weighted by Crippen LogP contribution is 2.39. The topological polar surface area (TPSA) is 222 Å². The molecule has 3 aliphatic rings. The van der Waals surface area contributed by atoms with Gasteiger partial charge >= 0.3 is 0 Å². The van der Waals surface area contributed by atoms with Crippen LogP contribution in [0.5, 0.6) is 5.75 Å². The molecule has 4 aromatic rings. The Bertz CT molecular complexity index is 2580.